The van der Waals surface area contributed by atoms with Gasteiger partial charge in [-0.05, 0) is 36.8 Å². The summed E-state index contributed by atoms with van der Waals surface area (Å²) < 4.78 is 7.05. The van der Waals surface area contributed by atoms with E-state index >= 15 is 0 Å². The van der Waals surface area contributed by atoms with Gasteiger partial charge in [0.15, 0.2) is 0 Å². The van der Waals surface area contributed by atoms with E-state index in [1.165, 1.54) is 6.33 Å². The molecule has 8 heteroatoms. The van der Waals surface area contributed by atoms with Crippen LogP contribution in [0.4, 0.5) is 10.5 Å². The largest absolute Gasteiger partial charge is 0.476 e. The molecule has 2 heterocycles. The third kappa shape index (κ3) is 4.31. The Hall–Kier alpha value is -3.42. The summed E-state index contributed by atoms with van der Waals surface area (Å²) in [4.78, 5) is 20.1. The van der Waals surface area contributed by atoms with Crippen molar-refractivity contribution in [1.82, 2.24) is 25.1 Å². The fourth-order valence-electron chi connectivity index (χ4n) is 2.19. The number of nitrogens with zero attached hydrogens (tertiary/aromatic N) is 4. The number of hydrogen-bond acceptors (Lipinski definition) is 5. The summed E-state index contributed by atoms with van der Waals surface area (Å²) in [5.74, 6) is 0.400. The molecule has 0 atom stereocenters. The Bertz CT molecular complexity index is 817. The van der Waals surface area contributed by atoms with E-state index < -0.39 is 0 Å². The van der Waals surface area contributed by atoms with E-state index in [-0.39, 0.29) is 6.03 Å². The highest BCUT2D eigenvalue weighted by molar-refractivity contribution is 5.90. The second-order valence-electron chi connectivity index (χ2n) is 5.10. The van der Waals surface area contributed by atoms with Gasteiger partial charge in [0, 0.05) is 12.7 Å². The number of aromatic nitrogens is 4. The number of ether oxygens (including phenoxy) is 1. The maximum absolute atomic E-state index is 12.1. The lowest BCUT2D eigenvalue weighted by atomic mass is 10.2. The van der Waals surface area contributed by atoms with E-state index in [9.17, 15) is 4.79 Å². The van der Waals surface area contributed by atoms with E-state index in [0.29, 0.717) is 24.7 Å². The molecule has 1 aromatic carbocycles. The molecular formula is C17H18N6O2. The number of benzene rings is 1. The molecular weight excluding hydrogens is 320 g/mol. The summed E-state index contributed by atoms with van der Waals surface area (Å²) in [6, 6.07) is 10.8. The van der Waals surface area contributed by atoms with Crippen molar-refractivity contribution in [2.24, 2.45) is 0 Å². The number of carbonyl (C=O) groups is 1. The summed E-state index contributed by atoms with van der Waals surface area (Å²) in [5, 5.41) is 9.61. The van der Waals surface area contributed by atoms with Gasteiger partial charge in [0.1, 0.15) is 18.3 Å². The third-order valence-electron chi connectivity index (χ3n) is 3.37. The Morgan fingerprint density at radius 1 is 1.24 bits per heavy atom. The molecule has 8 nitrogen and oxygen atoms in total. The first-order valence-electron chi connectivity index (χ1n) is 7.83. The lowest BCUT2D eigenvalue weighted by Crippen LogP contribution is -2.28. The average Bonchev–Trinajstić information content (AvgIpc) is 3.17. The lowest BCUT2D eigenvalue weighted by Gasteiger charge is -2.11. The zero-order valence-electron chi connectivity index (χ0n) is 13.7. The van der Waals surface area contributed by atoms with Gasteiger partial charge in [-0.3, -0.25) is 0 Å². The Morgan fingerprint density at radius 2 is 2.08 bits per heavy atom. The van der Waals surface area contributed by atoms with E-state index in [4.69, 9.17) is 4.74 Å². The van der Waals surface area contributed by atoms with Crippen molar-refractivity contribution in [3.63, 3.8) is 0 Å². The molecule has 0 unspecified atom stereocenters. The number of carbonyl (C=O) groups excluding carboxylic acids is 1. The highest BCUT2D eigenvalue weighted by atomic mass is 16.5. The number of rotatable bonds is 6. The van der Waals surface area contributed by atoms with Gasteiger partial charge in [-0.1, -0.05) is 12.1 Å². The first-order valence-corrected chi connectivity index (χ1v) is 7.83. The summed E-state index contributed by atoms with van der Waals surface area (Å²) in [6.07, 6.45) is 4.73. The molecule has 2 N–H and O–H groups in total. The minimum Gasteiger partial charge on any atom is -0.476 e. The molecule has 0 aliphatic carbocycles. The Kier molecular flexibility index (Phi) is 5.20. The van der Waals surface area contributed by atoms with Crippen LogP contribution in [0, 0.1) is 0 Å². The zero-order chi connectivity index (χ0) is 17.5. The SMILES string of the molecule is CCOc1ncccc1NC(=O)NCc1ccc(-n2cncn2)cc1. The van der Waals surface area contributed by atoms with Crippen LogP contribution in [-0.4, -0.2) is 32.4 Å². The number of pyridine rings is 1. The predicted molar refractivity (Wildman–Crippen MR) is 92.6 cm³/mol. The lowest BCUT2D eigenvalue weighted by molar-refractivity contribution is 0.251. The minimum absolute atomic E-state index is 0.325. The summed E-state index contributed by atoms with van der Waals surface area (Å²) in [5.41, 5.74) is 2.40. The summed E-state index contributed by atoms with van der Waals surface area (Å²) in [7, 11) is 0. The van der Waals surface area contributed by atoms with Crippen molar-refractivity contribution in [2.75, 3.05) is 11.9 Å². The molecule has 128 valence electrons. The highest BCUT2D eigenvalue weighted by Gasteiger charge is 2.08. The number of nitrogens with one attached hydrogen (secondary N) is 2. The second-order valence-corrected chi connectivity index (χ2v) is 5.10. The van der Waals surface area contributed by atoms with Crippen molar-refractivity contribution in [3.05, 3.63) is 60.8 Å². The standard InChI is InChI=1S/C17H18N6O2/c1-2-25-16-15(4-3-9-19-16)22-17(24)20-10-13-5-7-14(8-6-13)23-12-18-11-21-23/h3-9,11-12H,2,10H2,1H3,(H2,20,22,24). The molecule has 3 rings (SSSR count). The zero-order valence-corrected chi connectivity index (χ0v) is 13.7. The molecule has 0 bridgehead atoms. The number of hydrogen-bond donors (Lipinski definition) is 2. The predicted octanol–water partition coefficient (Wildman–Crippen LogP) is 2.38. The quantitative estimate of drug-likeness (QED) is 0.720. The first kappa shape index (κ1) is 16.4. The van der Waals surface area contributed by atoms with Crippen LogP contribution in [0.3, 0.4) is 0 Å². The van der Waals surface area contributed by atoms with Crippen LogP contribution in [0.2, 0.25) is 0 Å². The molecule has 0 saturated carbocycles. The number of amides is 2. The summed E-state index contributed by atoms with van der Waals surface area (Å²) >= 11 is 0. The van der Waals surface area contributed by atoms with Gasteiger partial charge < -0.3 is 15.4 Å². The van der Waals surface area contributed by atoms with Crippen LogP contribution in [-0.2, 0) is 6.54 Å². The number of anilines is 1. The monoisotopic (exact) mass is 338 g/mol. The fourth-order valence-corrected chi connectivity index (χ4v) is 2.19. The van der Waals surface area contributed by atoms with Gasteiger partial charge in [-0.15, -0.1) is 0 Å². The summed E-state index contributed by atoms with van der Waals surface area (Å²) in [6.45, 7) is 2.74. The molecule has 0 radical (unpaired) electrons. The third-order valence-corrected chi connectivity index (χ3v) is 3.37. The topological polar surface area (TPSA) is 94.0 Å². The van der Waals surface area contributed by atoms with E-state index in [1.807, 2.05) is 31.2 Å². The van der Waals surface area contributed by atoms with Gasteiger partial charge in [0.25, 0.3) is 0 Å². The molecule has 0 saturated heterocycles. The van der Waals surface area contributed by atoms with E-state index in [2.05, 4.69) is 25.7 Å². The van der Waals surface area contributed by atoms with Crippen molar-refractivity contribution < 1.29 is 9.53 Å². The maximum atomic E-state index is 12.1. The Balaban J connectivity index is 1.56. The molecule has 0 aliphatic rings. The second kappa shape index (κ2) is 7.91. The van der Waals surface area contributed by atoms with E-state index in [0.717, 1.165) is 11.3 Å². The average molecular weight is 338 g/mol. The molecule has 0 aliphatic heterocycles. The molecule has 25 heavy (non-hydrogen) atoms. The Morgan fingerprint density at radius 3 is 2.80 bits per heavy atom. The van der Waals surface area contributed by atoms with Gasteiger partial charge in [0.05, 0.1) is 12.3 Å². The minimum atomic E-state index is -0.325. The fraction of sp³-hybridized carbons (Fsp3) is 0.176. The van der Waals surface area contributed by atoms with Crippen LogP contribution in [0.5, 0.6) is 5.88 Å². The molecule has 0 fully saturated rings. The Labute approximate surface area is 144 Å². The first-order chi connectivity index (χ1) is 12.3. The maximum Gasteiger partial charge on any atom is 0.319 e. The van der Waals surface area contributed by atoms with Gasteiger partial charge >= 0.3 is 6.03 Å². The van der Waals surface area contributed by atoms with E-state index in [1.54, 1.807) is 29.3 Å². The van der Waals surface area contributed by atoms with Crippen LogP contribution in [0.25, 0.3) is 5.69 Å². The van der Waals surface area contributed by atoms with Gasteiger partial charge in [-0.2, -0.15) is 5.10 Å². The van der Waals surface area contributed by atoms with Crippen molar-refractivity contribution in [2.45, 2.75) is 13.5 Å². The normalized spacial score (nSPS) is 10.3. The van der Waals surface area contributed by atoms with Crippen LogP contribution in [0.1, 0.15) is 12.5 Å². The van der Waals surface area contributed by atoms with Crippen LogP contribution < -0.4 is 15.4 Å². The smallest absolute Gasteiger partial charge is 0.319 e. The van der Waals surface area contributed by atoms with Gasteiger partial charge in [-0.25, -0.2) is 19.4 Å². The molecule has 2 aromatic heterocycles. The molecule has 3 aromatic rings. The van der Waals surface area contributed by atoms with Crippen LogP contribution >= 0.6 is 0 Å². The van der Waals surface area contributed by atoms with Gasteiger partial charge in [0.2, 0.25) is 5.88 Å². The molecule has 0 spiro atoms. The molecule has 2 amide bonds. The van der Waals surface area contributed by atoms with Crippen molar-refractivity contribution in [1.29, 1.82) is 0 Å². The van der Waals surface area contributed by atoms with Crippen molar-refractivity contribution >= 4 is 11.7 Å². The van der Waals surface area contributed by atoms with Crippen LogP contribution in [0.15, 0.2) is 55.2 Å². The number of urea groups is 1. The van der Waals surface area contributed by atoms with Crippen molar-refractivity contribution in [3.8, 4) is 11.6 Å². The highest BCUT2D eigenvalue weighted by Crippen LogP contribution is 2.20.